The van der Waals surface area contributed by atoms with Gasteiger partial charge in [-0.2, -0.15) is 5.26 Å². The molecule has 86 valence electrons. The molecule has 0 amide bonds. The lowest BCUT2D eigenvalue weighted by Gasteiger charge is -2.09. The highest BCUT2D eigenvalue weighted by Gasteiger charge is 2.04. The average Bonchev–Trinajstić information content (AvgIpc) is 2.79. The number of nitrogens with two attached hydrogens (primary N) is 1. The highest BCUT2D eigenvalue weighted by molar-refractivity contribution is 5.37. The first-order chi connectivity index (χ1) is 8.24. The van der Waals surface area contributed by atoms with Crippen LogP contribution < -0.4 is 5.73 Å². The Labute approximate surface area is 100 Å². The van der Waals surface area contributed by atoms with Gasteiger partial charge in [0.15, 0.2) is 0 Å². The number of aryl methyl sites for hydroxylation is 1. The number of benzene rings is 1. The van der Waals surface area contributed by atoms with Crippen LogP contribution in [-0.4, -0.2) is 9.55 Å². The minimum absolute atomic E-state index is 0.433. The Morgan fingerprint density at radius 1 is 1.47 bits per heavy atom. The summed E-state index contributed by atoms with van der Waals surface area (Å²) < 4.78 is 2.02. The maximum absolute atomic E-state index is 8.81. The van der Waals surface area contributed by atoms with E-state index in [2.05, 4.69) is 11.1 Å². The van der Waals surface area contributed by atoms with E-state index in [4.69, 9.17) is 11.0 Å². The van der Waals surface area contributed by atoms with Crippen LogP contribution in [-0.2, 0) is 13.1 Å². The van der Waals surface area contributed by atoms with Gasteiger partial charge < -0.3 is 10.3 Å². The van der Waals surface area contributed by atoms with E-state index in [9.17, 15) is 0 Å². The molecule has 2 aromatic rings. The van der Waals surface area contributed by atoms with Crippen molar-refractivity contribution in [3.63, 3.8) is 0 Å². The lowest BCUT2D eigenvalue weighted by atomic mass is 10.1. The molecular weight excluding hydrogens is 212 g/mol. The van der Waals surface area contributed by atoms with Crippen molar-refractivity contribution in [1.29, 1.82) is 5.26 Å². The van der Waals surface area contributed by atoms with Gasteiger partial charge in [-0.25, -0.2) is 4.98 Å². The van der Waals surface area contributed by atoms with E-state index >= 15 is 0 Å². The van der Waals surface area contributed by atoms with Crippen molar-refractivity contribution < 1.29 is 0 Å². The standard InChI is InChI=1S/C13H14N4/c1-10-6-11(7-14)2-3-12(10)9-17-5-4-16-13(17)8-15/h2-6H,8-9,15H2,1H3. The second-order valence-electron chi connectivity index (χ2n) is 3.93. The van der Waals surface area contributed by atoms with Crippen LogP contribution in [0.25, 0.3) is 0 Å². The van der Waals surface area contributed by atoms with E-state index in [0.717, 1.165) is 17.9 Å². The van der Waals surface area contributed by atoms with Crippen LogP contribution in [0.15, 0.2) is 30.6 Å². The van der Waals surface area contributed by atoms with Crippen molar-refractivity contribution in [1.82, 2.24) is 9.55 Å². The van der Waals surface area contributed by atoms with Crippen molar-refractivity contribution in [2.45, 2.75) is 20.0 Å². The van der Waals surface area contributed by atoms with Gasteiger partial charge in [0.1, 0.15) is 5.82 Å². The molecule has 1 aromatic carbocycles. The zero-order valence-corrected chi connectivity index (χ0v) is 9.72. The van der Waals surface area contributed by atoms with E-state index in [1.165, 1.54) is 5.56 Å². The first kappa shape index (κ1) is 11.4. The third-order valence-electron chi connectivity index (χ3n) is 2.80. The molecular formula is C13H14N4. The lowest BCUT2D eigenvalue weighted by Crippen LogP contribution is -2.09. The van der Waals surface area contributed by atoms with Crippen LogP contribution in [0.3, 0.4) is 0 Å². The Bertz CT molecular complexity index is 563. The van der Waals surface area contributed by atoms with E-state index in [-0.39, 0.29) is 0 Å². The maximum Gasteiger partial charge on any atom is 0.122 e. The number of hydrogen-bond acceptors (Lipinski definition) is 3. The van der Waals surface area contributed by atoms with E-state index in [1.807, 2.05) is 35.9 Å². The zero-order valence-electron chi connectivity index (χ0n) is 9.72. The summed E-state index contributed by atoms with van der Waals surface area (Å²) in [6.07, 6.45) is 3.67. The molecule has 0 unspecified atom stereocenters. The second-order valence-corrected chi connectivity index (χ2v) is 3.93. The van der Waals surface area contributed by atoms with Crippen LogP contribution in [0.4, 0.5) is 0 Å². The number of nitrogens with zero attached hydrogens (tertiary/aromatic N) is 3. The fourth-order valence-electron chi connectivity index (χ4n) is 1.80. The lowest BCUT2D eigenvalue weighted by molar-refractivity contribution is 0.721. The molecule has 0 aliphatic rings. The molecule has 0 saturated carbocycles. The SMILES string of the molecule is Cc1cc(C#N)ccc1Cn1ccnc1CN. The average molecular weight is 226 g/mol. The fraction of sp³-hybridized carbons (Fsp3) is 0.231. The van der Waals surface area contributed by atoms with Gasteiger partial charge in [0.25, 0.3) is 0 Å². The van der Waals surface area contributed by atoms with Crippen LogP contribution in [0, 0.1) is 18.3 Å². The molecule has 1 heterocycles. The molecule has 0 radical (unpaired) electrons. The van der Waals surface area contributed by atoms with Gasteiger partial charge in [-0.3, -0.25) is 0 Å². The summed E-state index contributed by atoms with van der Waals surface area (Å²) in [5.41, 5.74) is 8.59. The summed E-state index contributed by atoms with van der Waals surface area (Å²) >= 11 is 0. The molecule has 0 aliphatic carbocycles. The Morgan fingerprint density at radius 3 is 2.94 bits per heavy atom. The number of hydrogen-bond donors (Lipinski definition) is 1. The van der Waals surface area contributed by atoms with Crippen LogP contribution >= 0.6 is 0 Å². The van der Waals surface area contributed by atoms with Crippen LogP contribution in [0.1, 0.15) is 22.5 Å². The minimum Gasteiger partial charge on any atom is -0.329 e. The van der Waals surface area contributed by atoms with Gasteiger partial charge >= 0.3 is 0 Å². The van der Waals surface area contributed by atoms with Gasteiger partial charge in [0, 0.05) is 18.9 Å². The number of nitriles is 1. The number of aromatic nitrogens is 2. The molecule has 17 heavy (non-hydrogen) atoms. The zero-order chi connectivity index (χ0) is 12.3. The van der Waals surface area contributed by atoms with Crippen molar-refractivity contribution in [2.24, 2.45) is 5.73 Å². The number of rotatable bonds is 3. The van der Waals surface area contributed by atoms with Crippen LogP contribution in [0.5, 0.6) is 0 Å². The molecule has 0 aliphatic heterocycles. The fourth-order valence-corrected chi connectivity index (χ4v) is 1.80. The predicted octanol–water partition coefficient (Wildman–Crippen LogP) is 1.57. The van der Waals surface area contributed by atoms with Crippen molar-refractivity contribution in [3.8, 4) is 6.07 Å². The van der Waals surface area contributed by atoms with Crippen LogP contribution in [0.2, 0.25) is 0 Å². The first-order valence-electron chi connectivity index (χ1n) is 5.44. The van der Waals surface area contributed by atoms with E-state index in [1.54, 1.807) is 6.20 Å². The molecule has 4 nitrogen and oxygen atoms in total. The summed E-state index contributed by atoms with van der Waals surface area (Å²) in [4.78, 5) is 4.18. The maximum atomic E-state index is 8.81. The summed E-state index contributed by atoms with van der Waals surface area (Å²) in [5, 5.41) is 8.81. The number of imidazole rings is 1. The van der Waals surface area contributed by atoms with E-state index < -0.39 is 0 Å². The molecule has 0 bridgehead atoms. The molecule has 0 atom stereocenters. The Morgan fingerprint density at radius 2 is 2.29 bits per heavy atom. The molecule has 2 rings (SSSR count). The highest BCUT2D eigenvalue weighted by atomic mass is 15.1. The second kappa shape index (κ2) is 4.81. The van der Waals surface area contributed by atoms with Gasteiger partial charge in [0.2, 0.25) is 0 Å². The Hall–Kier alpha value is -2.12. The summed E-state index contributed by atoms with van der Waals surface area (Å²) in [7, 11) is 0. The molecule has 1 aromatic heterocycles. The quantitative estimate of drug-likeness (QED) is 0.863. The Kier molecular flexibility index (Phi) is 3.22. The third kappa shape index (κ3) is 2.35. The molecule has 2 N–H and O–H groups in total. The van der Waals surface area contributed by atoms with Gasteiger partial charge in [-0.1, -0.05) is 6.07 Å². The largest absolute Gasteiger partial charge is 0.329 e. The predicted molar refractivity (Wildman–Crippen MR) is 65.1 cm³/mol. The molecule has 0 spiro atoms. The summed E-state index contributed by atoms with van der Waals surface area (Å²) in [6.45, 7) is 3.18. The van der Waals surface area contributed by atoms with Crippen molar-refractivity contribution >= 4 is 0 Å². The van der Waals surface area contributed by atoms with Crippen molar-refractivity contribution in [2.75, 3.05) is 0 Å². The Balaban J connectivity index is 2.28. The van der Waals surface area contributed by atoms with Gasteiger partial charge in [-0.15, -0.1) is 0 Å². The summed E-state index contributed by atoms with van der Waals surface area (Å²) in [6, 6.07) is 7.85. The van der Waals surface area contributed by atoms with E-state index in [0.29, 0.717) is 12.1 Å². The normalized spacial score (nSPS) is 10.2. The minimum atomic E-state index is 0.433. The highest BCUT2D eigenvalue weighted by Crippen LogP contribution is 2.13. The molecule has 4 heteroatoms. The molecule has 0 saturated heterocycles. The topological polar surface area (TPSA) is 67.6 Å². The first-order valence-corrected chi connectivity index (χ1v) is 5.44. The summed E-state index contributed by atoms with van der Waals surface area (Å²) in [5.74, 6) is 0.869. The smallest absolute Gasteiger partial charge is 0.122 e. The monoisotopic (exact) mass is 226 g/mol. The third-order valence-corrected chi connectivity index (χ3v) is 2.80. The van der Waals surface area contributed by atoms with Crippen molar-refractivity contribution in [3.05, 3.63) is 53.1 Å². The van der Waals surface area contributed by atoms with Gasteiger partial charge in [-0.05, 0) is 30.2 Å². The molecule has 0 fully saturated rings. The van der Waals surface area contributed by atoms with Gasteiger partial charge in [0.05, 0.1) is 18.2 Å².